The van der Waals surface area contributed by atoms with E-state index in [4.69, 9.17) is 4.74 Å². The lowest BCUT2D eigenvalue weighted by Crippen LogP contribution is -2.46. The van der Waals surface area contributed by atoms with E-state index in [-0.39, 0.29) is 42.8 Å². The summed E-state index contributed by atoms with van der Waals surface area (Å²) >= 11 is 0. The first-order valence-electron chi connectivity index (χ1n) is 13.2. The Morgan fingerprint density at radius 1 is 1.00 bits per heavy atom. The van der Waals surface area contributed by atoms with Crippen molar-refractivity contribution in [3.05, 3.63) is 84.3 Å². The average Bonchev–Trinajstić information content (AvgIpc) is 3.46. The third-order valence-corrected chi connectivity index (χ3v) is 6.75. The van der Waals surface area contributed by atoms with Gasteiger partial charge in [-0.25, -0.2) is 9.37 Å². The summed E-state index contributed by atoms with van der Waals surface area (Å²) in [6.45, 7) is 0. The maximum absolute atomic E-state index is 15.1. The van der Waals surface area contributed by atoms with Crippen LogP contribution in [-0.2, 0) is 14.4 Å². The lowest BCUT2D eigenvalue weighted by atomic mass is 10.0. The fraction of sp³-hybridized carbons (Fsp3) is 0.333. The van der Waals surface area contributed by atoms with Crippen LogP contribution in [0.2, 0.25) is 0 Å². The number of hydrogen-bond donors (Lipinski definition) is 2. The maximum atomic E-state index is 15.1. The van der Waals surface area contributed by atoms with E-state index in [1.807, 2.05) is 0 Å². The summed E-state index contributed by atoms with van der Waals surface area (Å²) < 4.78 is 20.4. The number of para-hydroxylation sites is 1. The lowest BCUT2D eigenvalue weighted by molar-refractivity contribution is -0.127. The Labute approximate surface area is 227 Å². The molecule has 1 aliphatic carbocycles. The largest absolute Gasteiger partial charge is 0.497 e. The fourth-order valence-electron chi connectivity index (χ4n) is 4.78. The molecule has 8 nitrogen and oxygen atoms in total. The molecule has 0 aliphatic heterocycles. The van der Waals surface area contributed by atoms with Crippen LogP contribution in [-0.4, -0.2) is 35.9 Å². The van der Waals surface area contributed by atoms with Gasteiger partial charge in [0.2, 0.25) is 17.7 Å². The highest BCUT2D eigenvalue weighted by molar-refractivity contribution is 6.01. The van der Waals surface area contributed by atoms with E-state index in [0.717, 1.165) is 25.7 Å². The first-order chi connectivity index (χ1) is 19.0. The minimum atomic E-state index is -1.11. The molecule has 204 valence electrons. The molecule has 1 fully saturated rings. The number of anilines is 2. The summed E-state index contributed by atoms with van der Waals surface area (Å²) in [5, 5.41) is 5.77. The van der Waals surface area contributed by atoms with Crippen LogP contribution >= 0.6 is 0 Å². The van der Waals surface area contributed by atoms with E-state index in [1.165, 1.54) is 23.1 Å². The number of amides is 3. The molecule has 3 aromatic rings. The second-order valence-corrected chi connectivity index (χ2v) is 9.50. The summed E-state index contributed by atoms with van der Waals surface area (Å²) in [4.78, 5) is 45.1. The zero-order valence-electron chi connectivity index (χ0n) is 21.9. The standard InChI is InChI=1S/C30H33FN4O4/c1-39-23-18-16-21(17-19-23)29(30(38)33-22-9-2-3-10-22)35(25-12-5-4-11-24(25)31)28(37)15-8-14-27(36)34-26-13-6-7-20-32-26/h4-7,11-13,16-20,22,29H,2-3,8-10,14-15H2,1H3,(H,33,38)(H,32,34,36)/t29-/m0/s1. The van der Waals surface area contributed by atoms with E-state index < -0.39 is 17.8 Å². The molecule has 39 heavy (non-hydrogen) atoms. The van der Waals surface area contributed by atoms with Crippen LogP contribution < -0.4 is 20.3 Å². The second-order valence-electron chi connectivity index (χ2n) is 9.50. The zero-order valence-corrected chi connectivity index (χ0v) is 21.9. The van der Waals surface area contributed by atoms with E-state index >= 15 is 4.39 Å². The van der Waals surface area contributed by atoms with Gasteiger partial charge >= 0.3 is 0 Å². The topological polar surface area (TPSA) is 101 Å². The van der Waals surface area contributed by atoms with E-state index in [0.29, 0.717) is 17.1 Å². The lowest BCUT2D eigenvalue weighted by Gasteiger charge is -2.32. The van der Waals surface area contributed by atoms with Crippen molar-refractivity contribution >= 4 is 29.2 Å². The van der Waals surface area contributed by atoms with Gasteiger partial charge in [-0.15, -0.1) is 0 Å². The SMILES string of the molecule is COc1ccc([C@@H](C(=O)NC2CCCC2)N(C(=O)CCCC(=O)Nc2ccccn2)c2ccccc2F)cc1. The van der Waals surface area contributed by atoms with Crippen LogP contribution in [0.25, 0.3) is 0 Å². The molecule has 3 amide bonds. The summed E-state index contributed by atoms with van der Waals surface area (Å²) in [7, 11) is 1.54. The quantitative estimate of drug-likeness (QED) is 0.355. The molecule has 0 radical (unpaired) electrons. The highest BCUT2D eigenvalue weighted by atomic mass is 19.1. The smallest absolute Gasteiger partial charge is 0.248 e. The number of carbonyl (C=O) groups excluding carboxylic acids is 3. The minimum Gasteiger partial charge on any atom is -0.497 e. The van der Waals surface area contributed by atoms with Crippen LogP contribution in [0, 0.1) is 5.82 Å². The average molecular weight is 533 g/mol. The molecule has 2 aromatic carbocycles. The third-order valence-electron chi connectivity index (χ3n) is 6.75. The number of nitrogens with one attached hydrogen (secondary N) is 2. The Kier molecular flexibility index (Phi) is 9.61. The number of hydrogen-bond acceptors (Lipinski definition) is 5. The molecule has 0 bridgehead atoms. The predicted molar refractivity (Wildman–Crippen MR) is 147 cm³/mol. The van der Waals surface area contributed by atoms with E-state index in [9.17, 15) is 14.4 Å². The van der Waals surface area contributed by atoms with E-state index in [2.05, 4.69) is 15.6 Å². The van der Waals surface area contributed by atoms with Crippen LogP contribution in [0.3, 0.4) is 0 Å². The third kappa shape index (κ3) is 7.40. The molecule has 1 saturated carbocycles. The second kappa shape index (κ2) is 13.5. The van der Waals surface area contributed by atoms with Gasteiger partial charge in [-0.1, -0.05) is 43.2 Å². The van der Waals surface area contributed by atoms with Gasteiger partial charge in [-0.05, 0) is 61.2 Å². The number of ether oxygens (including phenoxy) is 1. The molecular formula is C30H33FN4O4. The zero-order chi connectivity index (χ0) is 27.6. The monoisotopic (exact) mass is 532 g/mol. The number of nitrogens with zero attached hydrogens (tertiary/aromatic N) is 2. The molecule has 0 saturated heterocycles. The molecule has 9 heteroatoms. The van der Waals surface area contributed by atoms with Crippen LogP contribution in [0.1, 0.15) is 56.6 Å². The predicted octanol–water partition coefficient (Wildman–Crippen LogP) is 5.17. The van der Waals surface area contributed by atoms with Crippen molar-refractivity contribution in [2.24, 2.45) is 0 Å². The molecule has 0 unspecified atom stereocenters. The number of benzene rings is 2. The summed E-state index contributed by atoms with van der Waals surface area (Å²) in [6.07, 6.45) is 5.55. The van der Waals surface area contributed by atoms with Gasteiger partial charge in [0.1, 0.15) is 23.4 Å². The molecule has 4 rings (SSSR count). The van der Waals surface area contributed by atoms with Crippen LogP contribution in [0.5, 0.6) is 5.75 Å². The first kappa shape index (κ1) is 27.8. The van der Waals surface area contributed by atoms with Crippen molar-refractivity contribution in [1.29, 1.82) is 0 Å². The molecular weight excluding hydrogens is 499 g/mol. The first-order valence-corrected chi connectivity index (χ1v) is 13.2. The molecule has 1 heterocycles. The van der Waals surface area contributed by atoms with Gasteiger partial charge in [-0.2, -0.15) is 0 Å². The number of rotatable bonds is 11. The van der Waals surface area contributed by atoms with Crippen molar-refractivity contribution in [1.82, 2.24) is 10.3 Å². The van der Waals surface area contributed by atoms with Gasteiger partial charge < -0.3 is 15.4 Å². The summed E-state index contributed by atoms with van der Waals surface area (Å²) in [6, 6.07) is 16.8. The number of aromatic nitrogens is 1. The number of pyridine rings is 1. The van der Waals surface area contributed by atoms with Gasteiger partial charge in [0.05, 0.1) is 12.8 Å². The van der Waals surface area contributed by atoms with Crippen molar-refractivity contribution in [3.8, 4) is 5.75 Å². The van der Waals surface area contributed by atoms with Gasteiger partial charge in [-0.3, -0.25) is 19.3 Å². The molecule has 2 N–H and O–H groups in total. The molecule has 1 atom stereocenters. The number of methoxy groups -OCH3 is 1. The Balaban J connectivity index is 1.59. The Bertz CT molecular complexity index is 1260. The highest BCUT2D eigenvalue weighted by Gasteiger charge is 2.35. The van der Waals surface area contributed by atoms with Crippen LogP contribution in [0.4, 0.5) is 15.9 Å². The normalized spacial score (nSPS) is 13.9. The Morgan fingerprint density at radius 2 is 1.72 bits per heavy atom. The van der Waals surface area contributed by atoms with Gasteiger partial charge in [0, 0.05) is 25.1 Å². The molecule has 1 aromatic heterocycles. The van der Waals surface area contributed by atoms with Crippen molar-refractivity contribution in [2.45, 2.75) is 57.0 Å². The minimum absolute atomic E-state index is 0.00262. The maximum Gasteiger partial charge on any atom is 0.248 e. The number of carbonyl (C=O) groups is 3. The van der Waals surface area contributed by atoms with E-state index in [1.54, 1.807) is 61.8 Å². The van der Waals surface area contributed by atoms with Gasteiger partial charge in [0.25, 0.3) is 0 Å². The van der Waals surface area contributed by atoms with Crippen molar-refractivity contribution in [3.63, 3.8) is 0 Å². The molecule has 1 aliphatic rings. The summed E-state index contributed by atoms with van der Waals surface area (Å²) in [5.74, 6) is -0.735. The Hall–Kier alpha value is -4.27. The van der Waals surface area contributed by atoms with Gasteiger partial charge in [0.15, 0.2) is 0 Å². The van der Waals surface area contributed by atoms with Crippen molar-refractivity contribution < 1.29 is 23.5 Å². The Morgan fingerprint density at radius 3 is 2.38 bits per heavy atom. The highest BCUT2D eigenvalue weighted by Crippen LogP contribution is 2.32. The van der Waals surface area contributed by atoms with Crippen molar-refractivity contribution in [2.75, 3.05) is 17.3 Å². The fourth-order valence-corrected chi connectivity index (χ4v) is 4.78. The molecule has 0 spiro atoms. The van der Waals surface area contributed by atoms with Crippen LogP contribution in [0.15, 0.2) is 72.9 Å². The number of halogens is 1. The summed E-state index contributed by atoms with van der Waals surface area (Å²) in [5.41, 5.74) is 0.527.